The molecule has 0 fully saturated rings. The molecule has 0 aliphatic heterocycles. The van der Waals surface area contributed by atoms with Crippen molar-refractivity contribution in [3.63, 3.8) is 0 Å². The minimum Gasteiger partial charge on any atom is -0.376 e. The van der Waals surface area contributed by atoms with Gasteiger partial charge in [-0.15, -0.1) is 0 Å². The van der Waals surface area contributed by atoms with Gasteiger partial charge in [0, 0.05) is 26.2 Å². The Balaban J connectivity index is 2.20. The van der Waals surface area contributed by atoms with Gasteiger partial charge < -0.3 is 10.6 Å². The molecule has 20 heavy (non-hydrogen) atoms. The van der Waals surface area contributed by atoms with Gasteiger partial charge in [0.2, 0.25) is 0 Å². The molecule has 5 nitrogen and oxygen atoms in total. The molecule has 0 radical (unpaired) electrons. The van der Waals surface area contributed by atoms with Crippen LogP contribution >= 0.6 is 0 Å². The van der Waals surface area contributed by atoms with Crippen LogP contribution in [-0.2, 0) is 6.54 Å². The summed E-state index contributed by atoms with van der Waals surface area (Å²) >= 11 is 0. The molecule has 0 bridgehead atoms. The predicted molar refractivity (Wildman–Crippen MR) is 80.9 cm³/mol. The summed E-state index contributed by atoms with van der Waals surface area (Å²) in [4.78, 5) is 13.8. The van der Waals surface area contributed by atoms with Crippen molar-refractivity contribution in [2.24, 2.45) is 5.73 Å². The lowest BCUT2D eigenvalue weighted by atomic mass is 10.1. The van der Waals surface area contributed by atoms with Crippen LogP contribution < -0.4 is 16.2 Å². The number of anilines is 1. The van der Waals surface area contributed by atoms with E-state index in [1.165, 1.54) is 4.68 Å². The Bertz CT molecular complexity index is 648. The van der Waals surface area contributed by atoms with Gasteiger partial charge >= 0.3 is 0 Å². The molecule has 0 aliphatic carbocycles. The van der Waals surface area contributed by atoms with Crippen molar-refractivity contribution in [2.45, 2.75) is 19.5 Å². The zero-order chi connectivity index (χ0) is 14.7. The molecule has 0 saturated heterocycles. The highest BCUT2D eigenvalue weighted by Crippen LogP contribution is 2.13. The van der Waals surface area contributed by atoms with Gasteiger partial charge in [0.15, 0.2) is 0 Å². The Kier molecular flexibility index (Phi) is 4.20. The first-order valence-corrected chi connectivity index (χ1v) is 6.54. The molecular formula is C15H20N4O. The van der Waals surface area contributed by atoms with Crippen LogP contribution in [0.3, 0.4) is 0 Å². The highest BCUT2D eigenvalue weighted by atomic mass is 16.1. The van der Waals surface area contributed by atoms with Crippen molar-refractivity contribution in [3.05, 3.63) is 58.0 Å². The molecule has 2 N–H and O–H groups in total. The molecule has 5 heteroatoms. The van der Waals surface area contributed by atoms with Crippen molar-refractivity contribution in [3.8, 4) is 0 Å². The lowest BCUT2D eigenvalue weighted by Crippen LogP contribution is -2.29. The van der Waals surface area contributed by atoms with E-state index >= 15 is 0 Å². The van der Waals surface area contributed by atoms with Gasteiger partial charge in [-0.25, -0.2) is 4.68 Å². The van der Waals surface area contributed by atoms with E-state index in [2.05, 4.69) is 5.10 Å². The Morgan fingerprint density at radius 3 is 2.70 bits per heavy atom. The Hall–Kier alpha value is -2.14. The first kappa shape index (κ1) is 14.3. The van der Waals surface area contributed by atoms with E-state index < -0.39 is 0 Å². The summed E-state index contributed by atoms with van der Waals surface area (Å²) in [6, 6.07) is 9.31. The third-order valence-corrected chi connectivity index (χ3v) is 3.21. The van der Waals surface area contributed by atoms with Crippen molar-refractivity contribution >= 4 is 5.69 Å². The van der Waals surface area contributed by atoms with Crippen molar-refractivity contribution < 1.29 is 0 Å². The second kappa shape index (κ2) is 5.88. The molecule has 106 valence electrons. The molecule has 1 atom stereocenters. The van der Waals surface area contributed by atoms with Gasteiger partial charge in [0.05, 0.1) is 18.4 Å². The smallest absolute Gasteiger partial charge is 0.268 e. The summed E-state index contributed by atoms with van der Waals surface area (Å²) in [6.45, 7) is 2.39. The highest BCUT2D eigenvalue weighted by Gasteiger charge is 2.09. The predicted octanol–water partition coefficient (Wildman–Crippen LogP) is 1.32. The first-order chi connectivity index (χ1) is 9.47. The zero-order valence-corrected chi connectivity index (χ0v) is 12.1. The third-order valence-electron chi connectivity index (χ3n) is 3.21. The molecule has 1 unspecified atom stereocenters. The van der Waals surface area contributed by atoms with E-state index in [-0.39, 0.29) is 11.6 Å². The minimum atomic E-state index is -0.245. The van der Waals surface area contributed by atoms with Crippen LogP contribution in [-0.4, -0.2) is 23.9 Å². The lowest BCUT2D eigenvalue weighted by molar-refractivity contribution is 0.503. The molecule has 0 amide bonds. The average Bonchev–Trinajstić information content (AvgIpc) is 2.40. The molecule has 0 saturated carbocycles. The van der Waals surface area contributed by atoms with Crippen LogP contribution in [0.2, 0.25) is 0 Å². The zero-order valence-electron chi connectivity index (χ0n) is 12.1. The largest absolute Gasteiger partial charge is 0.376 e. The standard InChI is InChI=1S/C15H20N4O/c1-11-5-4-6-12(7-11)14(16)10-19-15(20)8-13(9-17-19)18(2)3/h4-9,14H,10,16H2,1-3H3. The second-order valence-electron chi connectivity index (χ2n) is 5.15. The van der Waals surface area contributed by atoms with E-state index in [0.29, 0.717) is 6.54 Å². The SMILES string of the molecule is Cc1cccc(C(N)Cn2ncc(N(C)C)cc2=O)c1. The number of aromatic nitrogens is 2. The fourth-order valence-electron chi connectivity index (χ4n) is 2.00. The van der Waals surface area contributed by atoms with E-state index in [1.54, 1.807) is 12.3 Å². The molecule has 0 spiro atoms. The molecule has 2 rings (SSSR count). The number of hydrogen-bond acceptors (Lipinski definition) is 4. The molecular weight excluding hydrogens is 252 g/mol. The molecule has 1 aromatic heterocycles. The number of hydrogen-bond donors (Lipinski definition) is 1. The van der Waals surface area contributed by atoms with E-state index in [4.69, 9.17) is 5.73 Å². The Labute approximate surface area is 118 Å². The highest BCUT2D eigenvalue weighted by molar-refractivity contribution is 5.40. The van der Waals surface area contributed by atoms with E-state index in [0.717, 1.165) is 16.8 Å². The lowest BCUT2D eigenvalue weighted by Gasteiger charge is -2.15. The monoisotopic (exact) mass is 272 g/mol. The second-order valence-corrected chi connectivity index (χ2v) is 5.15. The summed E-state index contributed by atoms with van der Waals surface area (Å²) in [5.41, 5.74) is 8.96. The molecule has 1 heterocycles. The van der Waals surface area contributed by atoms with Gasteiger partial charge in [-0.1, -0.05) is 29.8 Å². The Morgan fingerprint density at radius 1 is 1.35 bits per heavy atom. The van der Waals surface area contributed by atoms with Crippen molar-refractivity contribution in [1.29, 1.82) is 0 Å². The van der Waals surface area contributed by atoms with E-state index in [1.807, 2.05) is 50.2 Å². The number of rotatable bonds is 4. The van der Waals surface area contributed by atoms with Gasteiger partial charge in [-0.3, -0.25) is 4.79 Å². The van der Waals surface area contributed by atoms with Crippen LogP contribution in [0.25, 0.3) is 0 Å². The normalized spacial score (nSPS) is 12.2. The summed E-state index contributed by atoms with van der Waals surface area (Å²) < 4.78 is 1.40. The number of nitrogens with two attached hydrogens (primary N) is 1. The van der Waals surface area contributed by atoms with Crippen LogP contribution in [0.5, 0.6) is 0 Å². The van der Waals surface area contributed by atoms with E-state index in [9.17, 15) is 4.79 Å². The first-order valence-electron chi connectivity index (χ1n) is 6.54. The quantitative estimate of drug-likeness (QED) is 0.911. The summed E-state index contributed by atoms with van der Waals surface area (Å²) in [7, 11) is 3.75. The van der Waals surface area contributed by atoms with Crippen LogP contribution in [0.15, 0.2) is 41.3 Å². The van der Waals surface area contributed by atoms with Crippen LogP contribution in [0.1, 0.15) is 17.2 Å². The molecule has 2 aromatic rings. The summed E-state index contributed by atoms with van der Waals surface area (Å²) in [6.07, 6.45) is 1.67. The van der Waals surface area contributed by atoms with Gasteiger partial charge in [0.1, 0.15) is 0 Å². The van der Waals surface area contributed by atoms with Crippen LogP contribution in [0.4, 0.5) is 5.69 Å². The summed E-state index contributed by atoms with van der Waals surface area (Å²) in [5.74, 6) is 0. The summed E-state index contributed by atoms with van der Waals surface area (Å²) in [5, 5.41) is 4.17. The number of aryl methyl sites for hydroxylation is 1. The fraction of sp³-hybridized carbons (Fsp3) is 0.333. The number of nitrogens with zero attached hydrogens (tertiary/aromatic N) is 3. The van der Waals surface area contributed by atoms with Crippen molar-refractivity contribution in [1.82, 2.24) is 9.78 Å². The molecule has 0 aliphatic rings. The number of benzene rings is 1. The van der Waals surface area contributed by atoms with Gasteiger partial charge in [-0.2, -0.15) is 5.10 Å². The fourth-order valence-corrected chi connectivity index (χ4v) is 2.00. The van der Waals surface area contributed by atoms with Gasteiger partial charge in [-0.05, 0) is 12.5 Å². The maximum Gasteiger partial charge on any atom is 0.268 e. The van der Waals surface area contributed by atoms with Crippen LogP contribution in [0, 0.1) is 6.92 Å². The van der Waals surface area contributed by atoms with Crippen molar-refractivity contribution in [2.75, 3.05) is 19.0 Å². The minimum absolute atomic E-state index is 0.140. The third kappa shape index (κ3) is 3.24. The topological polar surface area (TPSA) is 64.2 Å². The average molecular weight is 272 g/mol. The maximum absolute atomic E-state index is 12.0. The Morgan fingerprint density at radius 2 is 2.10 bits per heavy atom. The maximum atomic E-state index is 12.0. The molecule has 1 aromatic carbocycles. The van der Waals surface area contributed by atoms with Gasteiger partial charge in [0.25, 0.3) is 5.56 Å².